The maximum Gasteiger partial charge on any atom is 0.309 e. The number of esters is 1. The molecule has 0 bridgehead atoms. The summed E-state index contributed by atoms with van der Waals surface area (Å²) in [5, 5.41) is 0. The van der Waals surface area contributed by atoms with Crippen LogP contribution in [0.4, 0.5) is 0 Å². The van der Waals surface area contributed by atoms with Crippen molar-refractivity contribution in [3.05, 3.63) is 58.6 Å². The summed E-state index contributed by atoms with van der Waals surface area (Å²) in [4.78, 5) is 12.5. The lowest BCUT2D eigenvalue weighted by molar-refractivity contribution is -0.151. The highest BCUT2D eigenvalue weighted by Crippen LogP contribution is 2.26. The topological polar surface area (TPSA) is 72.9 Å². The van der Waals surface area contributed by atoms with E-state index in [1.54, 1.807) is 12.1 Å². The Balaban J connectivity index is 1.54. The van der Waals surface area contributed by atoms with E-state index in [9.17, 15) is 13.2 Å². The van der Waals surface area contributed by atoms with E-state index in [0.717, 1.165) is 10.0 Å². The maximum absolute atomic E-state index is 12.8. The predicted molar refractivity (Wildman–Crippen MR) is 108 cm³/mol. The molecule has 1 aliphatic rings. The molecular formula is C20H22BrNO5S. The van der Waals surface area contributed by atoms with Gasteiger partial charge in [-0.15, -0.1) is 0 Å². The Bertz CT molecular complexity index is 905. The minimum atomic E-state index is -3.57. The fourth-order valence-corrected chi connectivity index (χ4v) is 4.82. The molecule has 0 N–H and O–H groups in total. The zero-order chi connectivity index (χ0) is 20.1. The minimum absolute atomic E-state index is 0.219. The average Bonchev–Trinajstić information content (AvgIpc) is 2.73. The van der Waals surface area contributed by atoms with Crippen molar-refractivity contribution in [2.45, 2.75) is 24.3 Å². The number of carbonyl (C=O) groups is 1. The zero-order valence-electron chi connectivity index (χ0n) is 15.5. The number of methoxy groups -OCH3 is 1. The van der Waals surface area contributed by atoms with Crippen LogP contribution >= 0.6 is 15.9 Å². The van der Waals surface area contributed by atoms with Gasteiger partial charge in [0.1, 0.15) is 12.4 Å². The number of nitrogens with zero attached hydrogens (tertiary/aromatic N) is 1. The van der Waals surface area contributed by atoms with E-state index in [-0.39, 0.29) is 23.4 Å². The Hall–Kier alpha value is -1.90. The molecule has 1 aliphatic heterocycles. The Morgan fingerprint density at radius 1 is 1.07 bits per heavy atom. The van der Waals surface area contributed by atoms with Crippen LogP contribution in [-0.4, -0.2) is 38.9 Å². The van der Waals surface area contributed by atoms with Crippen LogP contribution in [0.25, 0.3) is 0 Å². The van der Waals surface area contributed by atoms with Crippen molar-refractivity contribution in [3.8, 4) is 5.75 Å². The number of piperidine rings is 1. The van der Waals surface area contributed by atoms with Crippen LogP contribution in [0.2, 0.25) is 0 Å². The molecule has 1 fully saturated rings. The first-order valence-corrected chi connectivity index (χ1v) is 11.2. The molecule has 0 spiro atoms. The van der Waals surface area contributed by atoms with Gasteiger partial charge in [0.2, 0.25) is 10.0 Å². The first-order valence-electron chi connectivity index (χ1n) is 8.95. The first-order chi connectivity index (χ1) is 13.4. The normalized spacial score (nSPS) is 15.9. The number of carbonyl (C=O) groups excluding carboxylic acids is 1. The number of hydrogen-bond donors (Lipinski definition) is 0. The Morgan fingerprint density at radius 2 is 1.68 bits per heavy atom. The lowest BCUT2D eigenvalue weighted by atomic mass is 9.98. The van der Waals surface area contributed by atoms with Gasteiger partial charge in [0, 0.05) is 17.6 Å². The average molecular weight is 468 g/mol. The Labute approximate surface area is 173 Å². The second-order valence-corrected chi connectivity index (χ2v) is 9.44. The van der Waals surface area contributed by atoms with E-state index >= 15 is 0 Å². The van der Waals surface area contributed by atoms with Crippen LogP contribution < -0.4 is 4.74 Å². The molecule has 2 aromatic rings. The molecule has 0 amide bonds. The lowest BCUT2D eigenvalue weighted by Crippen LogP contribution is -2.40. The van der Waals surface area contributed by atoms with Gasteiger partial charge in [0.15, 0.2) is 0 Å². The van der Waals surface area contributed by atoms with Gasteiger partial charge in [-0.3, -0.25) is 4.79 Å². The molecule has 0 atom stereocenters. The number of ether oxygens (including phenoxy) is 2. The number of hydrogen-bond acceptors (Lipinski definition) is 5. The molecule has 0 aliphatic carbocycles. The van der Waals surface area contributed by atoms with Crippen molar-refractivity contribution in [1.82, 2.24) is 4.31 Å². The largest absolute Gasteiger partial charge is 0.497 e. The lowest BCUT2D eigenvalue weighted by Gasteiger charge is -2.30. The van der Waals surface area contributed by atoms with E-state index in [1.165, 1.54) is 23.5 Å². The van der Waals surface area contributed by atoms with E-state index < -0.39 is 10.0 Å². The molecule has 0 unspecified atom stereocenters. The third-order valence-electron chi connectivity index (χ3n) is 4.78. The summed E-state index contributed by atoms with van der Waals surface area (Å²) in [6.07, 6.45) is 0.906. The monoisotopic (exact) mass is 467 g/mol. The smallest absolute Gasteiger partial charge is 0.309 e. The molecule has 150 valence electrons. The third-order valence-corrected chi connectivity index (χ3v) is 7.22. The molecular weight excluding hydrogens is 446 g/mol. The summed E-state index contributed by atoms with van der Waals surface area (Å²) >= 11 is 3.37. The van der Waals surface area contributed by atoms with Gasteiger partial charge in [-0.2, -0.15) is 4.31 Å². The molecule has 1 heterocycles. The fourth-order valence-electron chi connectivity index (χ4n) is 3.08. The fraction of sp³-hybridized carbons (Fsp3) is 0.350. The standard InChI is InChI=1S/C20H22BrNO5S/c1-26-18-6-8-19(9-7-18)28(24,25)22-12-10-16(11-13-22)20(23)27-14-15-2-4-17(21)5-3-15/h2-9,16H,10-14H2,1H3. The summed E-state index contributed by atoms with van der Waals surface area (Å²) in [5.74, 6) is 0.0494. The quantitative estimate of drug-likeness (QED) is 0.606. The van der Waals surface area contributed by atoms with Crippen LogP contribution in [0.15, 0.2) is 57.9 Å². The second-order valence-electron chi connectivity index (χ2n) is 6.59. The van der Waals surface area contributed by atoms with Crippen LogP contribution in [0.1, 0.15) is 18.4 Å². The Morgan fingerprint density at radius 3 is 2.25 bits per heavy atom. The number of halogens is 1. The predicted octanol–water partition coefficient (Wildman–Crippen LogP) is 3.60. The van der Waals surface area contributed by atoms with Crippen molar-refractivity contribution < 1.29 is 22.7 Å². The van der Waals surface area contributed by atoms with E-state index in [4.69, 9.17) is 9.47 Å². The van der Waals surface area contributed by atoms with Crippen molar-refractivity contribution in [2.75, 3.05) is 20.2 Å². The van der Waals surface area contributed by atoms with Crippen LogP contribution in [0.5, 0.6) is 5.75 Å². The molecule has 0 radical (unpaired) electrons. The minimum Gasteiger partial charge on any atom is -0.497 e. The molecule has 0 aromatic heterocycles. The van der Waals surface area contributed by atoms with Crippen molar-refractivity contribution >= 4 is 31.9 Å². The van der Waals surface area contributed by atoms with E-state index in [2.05, 4.69) is 15.9 Å². The third kappa shape index (κ3) is 4.92. The molecule has 6 nitrogen and oxygen atoms in total. The van der Waals surface area contributed by atoms with Gasteiger partial charge in [-0.1, -0.05) is 28.1 Å². The van der Waals surface area contributed by atoms with Crippen LogP contribution in [0, 0.1) is 5.92 Å². The highest BCUT2D eigenvalue weighted by molar-refractivity contribution is 9.10. The summed E-state index contributed by atoms with van der Waals surface area (Å²) in [6.45, 7) is 0.815. The van der Waals surface area contributed by atoms with Crippen molar-refractivity contribution in [1.29, 1.82) is 0 Å². The maximum atomic E-state index is 12.8. The van der Waals surface area contributed by atoms with E-state index in [0.29, 0.717) is 31.7 Å². The number of benzene rings is 2. The van der Waals surface area contributed by atoms with Gasteiger partial charge in [-0.05, 0) is 54.8 Å². The molecule has 2 aromatic carbocycles. The van der Waals surface area contributed by atoms with Crippen molar-refractivity contribution in [2.24, 2.45) is 5.92 Å². The summed E-state index contributed by atoms with van der Waals surface area (Å²) in [5.41, 5.74) is 0.913. The van der Waals surface area contributed by atoms with Gasteiger partial charge >= 0.3 is 5.97 Å². The number of rotatable bonds is 6. The van der Waals surface area contributed by atoms with E-state index in [1.807, 2.05) is 24.3 Å². The first kappa shape index (κ1) is 20.8. The molecule has 8 heteroatoms. The summed E-state index contributed by atoms with van der Waals surface area (Å²) in [7, 11) is -2.04. The molecule has 3 rings (SSSR count). The van der Waals surface area contributed by atoms with Gasteiger partial charge in [0.05, 0.1) is 17.9 Å². The van der Waals surface area contributed by atoms with Gasteiger partial charge < -0.3 is 9.47 Å². The van der Waals surface area contributed by atoms with Crippen LogP contribution in [-0.2, 0) is 26.2 Å². The molecule has 28 heavy (non-hydrogen) atoms. The molecule has 1 saturated heterocycles. The highest BCUT2D eigenvalue weighted by Gasteiger charge is 2.32. The van der Waals surface area contributed by atoms with Crippen molar-refractivity contribution in [3.63, 3.8) is 0 Å². The molecule has 0 saturated carbocycles. The summed E-state index contributed by atoms with van der Waals surface area (Å²) < 4.78 is 38.4. The van der Waals surface area contributed by atoms with Gasteiger partial charge in [-0.25, -0.2) is 8.42 Å². The second kappa shape index (κ2) is 9.07. The SMILES string of the molecule is COc1ccc(S(=O)(=O)N2CCC(C(=O)OCc3ccc(Br)cc3)CC2)cc1. The summed E-state index contributed by atoms with van der Waals surface area (Å²) in [6, 6.07) is 13.9. The Kier molecular flexibility index (Phi) is 6.74. The zero-order valence-corrected chi connectivity index (χ0v) is 17.9. The van der Waals surface area contributed by atoms with Crippen LogP contribution in [0.3, 0.4) is 0 Å². The van der Waals surface area contributed by atoms with Gasteiger partial charge in [0.25, 0.3) is 0 Å². The number of sulfonamides is 1. The highest BCUT2D eigenvalue weighted by atomic mass is 79.9.